The Hall–Kier alpha value is -4.54. The number of unbranched alkanes of at least 4 members (excludes halogenated alkanes) is 21. The molecule has 94 heavy (non-hydrogen) atoms. The van der Waals surface area contributed by atoms with E-state index < -0.39 is 97.5 Å². The predicted molar refractivity (Wildman–Crippen MR) is 381 cm³/mol. The number of hydrogen-bond acceptors (Lipinski definition) is 15. The summed E-state index contributed by atoms with van der Waals surface area (Å²) in [7, 11) is -9.98. The summed E-state index contributed by atoms with van der Waals surface area (Å²) in [5.41, 5.74) is 0. The van der Waals surface area contributed by atoms with E-state index in [1.807, 2.05) is 18.2 Å². The molecule has 0 aromatic rings. The van der Waals surface area contributed by atoms with Crippen LogP contribution in [0, 0.1) is 0 Å². The number of carbonyl (C=O) groups excluding carboxylic acids is 4. The molecule has 538 valence electrons. The molecule has 0 amide bonds. The zero-order chi connectivity index (χ0) is 69.0. The summed E-state index contributed by atoms with van der Waals surface area (Å²) in [6.45, 7) is 4.44. The average molecular weight is 1360 g/mol. The molecule has 0 radical (unpaired) electrons. The van der Waals surface area contributed by atoms with E-state index in [0.717, 1.165) is 161 Å². The Morgan fingerprint density at radius 3 is 1.03 bits per heavy atom. The van der Waals surface area contributed by atoms with Gasteiger partial charge in [-0.25, -0.2) is 9.13 Å². The quantitative estimate of drug-likeness (QED) is 0.0169. The van der Waals surface area contributed by atoms with Gasteiger partial charge in [0.2, 0.25) is 0 Å². The van der Waals surface area contributed by atoms with Crippen molar-refractivity contribution in [3.63, 3.8) is 0 Å². The van der Waals surface area contributed by atoms with Gasteiger partial charge in [0.15, 0.2) is 12.2 Å². The third-order valence-electron chi connectivity index (χ3n) is 14.4. The third kappa shape index (κ3) is 66.1. The van der Waals surface area contributed by atoms with E-state index in [4.69, 9.17) is 37.0 Å². The first-order chi connectivity index (χ1) is 45.7. The van der Waals surface area contributed by atoms with Crippen LogP contribution in [-0.2, 0) is 65.4 Å². The van der Waals surface area contributed by atoms with Gasteiger partial charge in [0.25, 0.3) is 0 Å². The Labute approximate surface area is 568 Å². The van der Waals surface area contributed by atoms with Gasteiger partial charge in [-0.1, -0.05) is 239 Å². The Kier molecular flexibility index (Phi) is 63.8. The highest BCUT2D eigenvalue weighted by Gasteiger charge is 2.30. The maximum absolute atomic E-state index is 13.0. The van der Waals surface area contributed by atoms with Crippen LogP contribution < -0.4 is 0 Å². The lowest BCUT2D eigenvalue weighted by Gasteiger charge is -2.21. The molecule has 19 heteroatoms. The largest absolute Gasteiger partial charge is 0.472 e. The van der Waals surface area contributed by atoms with Crippen LogP contribution in [0.4, 0.5) is 0 Å². The van der Waals surface area contributed by atoms with Crippen molar-refractivity contribution in [2.24, 2.45) is 0 Å². The smallest absolute Gasteiger partial charge is 0.462 e. The zero-order valence-electron chi connectivity index (χ0n) is 58.3. The van der Waals surface area contributed by atoms with Crippen molar-refractivity contribution < 1.29 is 80.2 Å². The molecule has 0 spiro atoms. The molecule has 0 heterocycles. The standard InChI is InChI=1S/C75H126O17P2/c1-5-9-13-17-21-25-29-32-34-37-40-43-47-51-55-59-72(77)85-65-70(91-74(79)61-57-53-49-45-39-28-24-20-16-12-8-4)67-89-93(81,82)87-63-69(76)64-88-94(83,84)90-68-71(92-75(80)62-58-54-50-46-42-36-31-27-23-19-15-11-7-3)66-86-73(78)60-56-52-48-44-41-38-35-33-30-26-22-18-14-10-6-2/h9,13,15,19-22,24-27,31-35,40,43,51,55,69-71,76H,5-8,10-12,14,16-18,23,28-30,36-39,41-42,44-50,52-54,56-68H2,1-4H3,(H,81,82)(H,83,84)/b13-9-,19-15-,24-20-,25-21-,26-22-,31-27-,34-32-,35-33-,43-40-,55-51-. The highest BCUT2D eigenvalue weighted by molar-refractivity contribution is 7.47. The topological polar surface area (TPSA) is 237 Å². The lowest BCUT2D eigenvalue weighted by Crippen LogP contribution is -2.30. The molecule has 0 rings (SSSR count). The summed E-state index contributed by atoms with van der Waals surface area (Å²) in [4.78, 5) is 72.5. The van der Waals surface area contributed by atoms with Gasteiger partial charge < -0.3 is 33.8 Å². The van der Waals surface area contributed by atoms with Crippen LogP contribution in [0.1, 0.15) is 272 Å². The van der Waals surface area contributed by atoms with E-state index in [1.54, 1.807) is 6.08 Å². The second-order valence-corrected chi connectivity index (χ2v) is 26.4. The number of phosphoric acid groups is 2. The zero-order valence-corrected chi connectivity index (χ0v) is 60.1. The maximum Gasteiger partial charge on any atom is 0.472 e. The van der Waals surface area contributed by atoms with E-state index in [9.17, 15) is 43.2 Å². The molecule has 0 aliphatic heterocycles. The van der Waals surface area contributed by atoms with Gasteiger partial charge in [0, 0.05) is 19.3 Å². The van der Waals surface area contributed by atoms with E-state index in [1.165, 1.54) is 32.1 Å². The first-order valence-electron chi connectivity index (χ1n) is 35.8. The molecule has 3 N–H and O–H groups in total. The minimum atomic E-state index is -4.99. The molecule has 5 atom stereocenters. The Bertz CT molecular complexity index is 2270. The molecule has 5 unspecified atom stereocenters. The summed E-state index contributed by atoms with van der Waals surface area (Å²) >= 11 is 0. The van der Waals surface area contributed by atoms with Crippen LogP contribution in [0.5, 0.6) is 0 Å². The highest BCUT2D eigenvalue weighted by atomic mass is 31.2. The summed E-state index contributed by atoms with van der Waals surface area (Å²) in [5, 5.41) is 10.6. The molecule has 0 aromatic heterocycles. The number of esters is 4. The molecule has 0 fully saturated rings. The van der Waals surface area contributed by atoms with Crippen LogP contribution in [0.3, 0.4) is 0 Å². The lowest BCUT2D eigenvalue weighted by atomic mass is 10.1. The minimum Gasteiger partial charge on any atom is -0.462 e. The first kappa shape index (κ1) is 89.5. The number of aliphatic hydroxyl groups excluding tert-OH is 1. The number of allylic oxidation sites excluding steroid dienone is 19. The fourth-order valence-electron chi connectivity index (χ4n) is 8.93. The number of hydrogen-bond donors (Lipinski definition) is 3. The molecule has 0 bridgehead atoms. The van der Waals surface area contributed by atoms with Crippen molar-refractivity contribution in [3.05, 3.63) is 122 Å². The van der Waals surface area contributed by atoms with Crippen LogP contribution in [0.2, 0.25) is 0 Å². The average Bonchev–Trinajstić information content (AvgIpc) is 1.35. The molecule has 0 aliphatic rings. The number of aliphatic hydroxyl groups is 1. The SMILES string of the molecule is CC/C=C\C/C=C\C/C=C\C/C=C\C/C=C\CC(=O)OCC(COP(=O)(O)OCC(O)COP(=O)(O)OCC(COC(=O)CCCCCCC/C=C\C/C=C\CCCCC)OC(=O)CCCCCCC/C=C\C/C=C\CCC)OC(=O)CCCCCCC/C=C\CCCC. The lowest BCUT2D eigenvalue weighted by molar-refractivity contribution is -0.161. The van der Waals surface area contributed by atoms with Gasteiger partial charge in [-0.15, -0.1) is 0 Å². The molecule has 17 nitrogen and oxygen atoms in total. The Morgan fingerprint density at radius 1 is 0.319 bits per heavy atom. The van der Waals surface area contributed by atoms with E-state index in [-0.39, 0.29) is 25.7 Å². The molecular formula is C75H126O17P2. The second kappa shape index (κ2) is 67.0. The molecular weight excluding hydrogens is 1230 g/mol. The highest BCUT2D eigenvalue weighted by Crippen LogP contribution is 2.45. The fraction of sp³-hybridized carbons (Fsp3) is 0.680. The Morgan fingerprint density at radius 2 is 0.628 bits per heavy atom. The van der Waals surface area contributed by atoms with Crippen LogP contribution in [0.25, 0.3) is 0 Å². The summed E-state index contributed by atoms with van der Waals surface area (Å²) in [5.74, 6) is -2.37. The van der Waals surface area contributed by atoms with Gasteiger partial charge in [0.1, 0.15) is 19.3 Å². The third-order valence-corrected chi connectivity index (χ3v) is 16.3. The van der Waals surface area contributed by atoms with Gasteiger partial charge >= 0.3 is 39.5 Å². The minimum absolute atomic E-state index is 0.0622. The monoisotopic (exact) mass is 1360 g/mol. The fourth-order valence-corrected chi connectivity index (χ4v) is 10.5. The first-order valence-corrected chi connectivity index (χ1v) is 38.8. The second-order valence-electron chi connectivity index (χ2n) is 23.5. The van der Waals surface area contributed by atoms with Gasteiger partial charge in [-0.2, -0.15) is 0 Å². The van der Waals surface area contributed by atoms with Crippen molar-refractivity contribution in [3.8, 4) is 0 Å². The van der Waals surface area contributed by atoms with Crippen LogP contribution in [-0.4, -0.2) is 96.7 Å². The van der Waals surface area contributed by atoms with Gasteiger partial charge in [-0.05, 0) is 128 Å². The number of rotatable bonds is 66. The van der Waals surface area contributed by atoms with Crippen molar-refractivity contribution in [2.75, 3.05) is 39.6 Å². The van der Waals surface area contributed by atoms with Crippen LogP contribution >= 0.6 is 15.6 Å². The van der Waals surface area contributed by atoms with Gasteiger partial charge in [0.05, 0.1) is 32.8 Å². The molecule has 0 saturated heterocycles. The van der Waals surface area contributed by atoms with Crippen molar-refractivity contribution in [2.45, 2.75) is 290 Å². The molecule has 0 aliphatic carbocycles. The van der Waals surface area contributed by atoms with Crippen molar-refractivity contribution >= 4 is 39.5 Å². The summed E-state index contributed by atoms with van der Waals surface area (Å²) in [6, 6.07) is 0. The van der Waals surface area contributed by atoms with E-state index >= 15 is 0 Å². The van der Waals surface area contributed by atoms with Crippen LogP contribution in [0.15, 0.2) is 122 Å². The van der Waals surface area contributed by atoms with E-state index in [2.05, 4.69) is 125 Å². The molecule has 0 aromatic carbocycles. The number of carbonyl (C=O) groups is 4. The van der Waals surface area contributed by atoms with E-state index in [0.29, 0.717) is 25.7 Å². The summed E-state index contributed by atoms with van der Waals surface area (Å²) in [6.07, 6.45) is 71.0. The number of ether oxygens (including phenoxy) is 4. The number of phosphoric ester groups is 2. The normalized spacial score (nSPS) is 14.8. The Balaban J connectivity index is 5.41. The molecule has 0 saturated carbocycles. The van der Waals surface area contributed by atoms with Crippen molar-refractivity contribution in [1.82, 2.24) is 0 Å². The summed E-state index contributed by atoms with van der Waals surface area (Å²) < 4.78 is 68.1. The predicted octanol–water partition coefficient (Wildman–Crippen LogP) is 20.0. The van der Waals surface area contributed by atoms with Gasteiger partial charge in [-0.3, -0.25) is 37.3 Å². The maximum atomic E-state index is 13.0. The van der Waals surface area contributed by atoms with Crippen molar-refractivity contribution in [1.29, 1.82) is 0 Å².